The second-order valence-corrected chi connectivity index (χ2v) is 12.2. The van der Waals surface area contributed by atoms with Crippen LogP contribution in [0.15, 0.2) is 60.7 Å². The maximum absolute atomic E-state index is 13.9. The molecule has 0 radical (unpaired) electrons. The third-order valence-corrected chi connectivity index (χ3v) is 11.2. The van der Waals surface area contributed by atoms with Gasteiger partial charge in [-0.05, 0) is 25.0 Å². The molecule has 7 nitrogen and oxygen atoms in total. The summed E-state index contributed by atoms with van der Waals surface area (Å²) in [5.41, 5.74) is 1.75. The smallest absolute Gasteiger partial charge is 0.327 e. The summed E-state index contributed by atoms with van der Waals surface area (Å²) in [7, 11) is -2.61. The quantitative estimate of drug-likeness (QED) is 0.617. The fourth-order valence-corrected chi connectivity index (χ4v) is 8.94. The molecule has 0 aromatic heterocycles. The predicted molar refractivity (Wildman–Crippen MR) is 119 cm³/mol. The molecule has 1 unspecified atom stereocenters. The van der Waals surface area contributed by atoms with Gasteiger partial charge >= 0.3 is 5.97 Å². The molecule has 31 heavy (non-hydrogen) atoms. The number of amides is 2. The normalized spacial score (nSPS) is 28.4. The number of benzene rings is 2. The molecule has 8 heteroatoms. The molecule has 0 saturated carbocycles. The average Bonchev–Trinajstić information content (AvgIpc) is 2.93. The Morgan fingerprint density at radius 1 is 1.10 bits per heavy atom. The van der Waals surface area contributed by atoms with E-state index in [0.717, 1.165) is 11.1 Å². The van der Waals surface area contributed by atoms with Crippen LogP contribution in [0.5, 0.6) is 0 Å². The summed E-state index contributed by atoms with van der Waals surface area (Å²) in [4.78, 5) is 39.5. The number of carbonyl (C=O) groups is 3. The van der Waals surface area contributed by atoms with Crippen LogP contribution in [0.25, 0.3) is 0 Å². The van der Waals surface area contributed by atoms with Crippen molar-refractivity contribution in [1.29, 1.82) is 0 Å². The van der Waals surface area contributed by atoms with Crippen molar-refractivity contribution in [3.05, 3.63) is 71.8 Å². The monoisotopic (exact) mass is 442 g/mol. The maximum Gasteiger partial charge on any atom is 0.327 e. The number of hydrogen-bond donors (Lipinski definition) is 3. The van der Waals surface area contributed by atoms with E-state index in [1.807, 2.05) is 60.7 Å². The summed E-state index contributed by atoms with van der Waals surface area (Å²) in [5, 5.41) is 22.5. The molecule has 4 rings (SSSR count). The van der Waals surface area contributed by atoms with Crippen molar-refractivity contribution in [3.63, 3.8) is 0 Å². The van der Waals surface area contributed by atoms with Gasteiger partial charge in [-0.1, -0.05) is 60.7 Å². The number of nitrogens with zero attached hydrogens (tertiary/aromatic N) is 1. The Kier molecular flexibility index (Phi) is 5.31. The second-order valence-electron chi connectivity index (χ2n) is 8.41. The van der Waals surface area contributed by atoms with E-state index in [4.69, 9.17) is 0 Å². The highest BCUT2D eigenvalue weighted by Crippen LogP contribution is 2.73. The molecule has 0 bridgehead atoms. The lowest BCUT2D eigenvalue weighted by Crippen LogP contribution is -2.57. The first kappa shape index (κ1) is 21.4. The molecule has 2 aliphatic heterocycles. The highest BCUT2D eigenvalue weighted by Gasteiger charge is 2.71. The van der Waals surface area contributed by atoms with Gasteiger partial charge in [0.25, 0.3) is 5.24 Å². The highest BCUT2D eigenvalue weighted by atomic mass is 32.3. The van der Waals surface area contributed by atoms with Crippen LogP contribution in [0.3, 0.4) is 0 Å². The summed E-state index contributed by atoms with van der Waals surface area (Å²) >= 11 is 0. The largest absolute Gasteiger partial charge is 0.480 e. The van der Waals surface area contributed by atoms with Crippen LogP contribution >= 0.6 is 10.0 Å². The fourth-order valence-electron chi connectivity index (χ4n) is 4.90. The van der Waals surface area contributed by atoms with Crippen molar-refractivity contribution in [3.8, 4) is 0 Å². The van der Waals surface area contributed by atoms with Crippen LogP contribution in [-0.4, -0.2) is 54.3 Å². The van der Waals surface area contributed by atoms with Crippen molar-refractivity contribution in [1.82, 2.24) is 10.2 Å². The molecule has 2 saturated heterocycles. The lowest BCUT2D eigenvalue weighted by atomic mass is 9.98. The zero-order valence-corrected chi connectivity index (χ0v) is 18.2. The van der Waals surface area contributed by atoms with Crippen LogP contribution in [-0.2, 0) is 9.59 Å². The lowest BCUT2D eigenvalue weighted by Gasteiger charge is -2.49. The SMILES string of the molecule is CC1(C)[C@H](C(=O)O)N2C(=O)C[C@H]2S1(CO)C(=O)NC(c1ccccc1)c1ccccc1. The Labute approximate surface area is 182 Å². The number of fused-ring (bicyclic) bond motifs is 1. The average molecular weight is 443 g/mol. The molecular weight excluding hydrogens is 416 g/mol. The molecule has 3 atom stereocenters. The zero-order chi connectivity index (χ0) is 22.4. The molecule has 0 spiro atoms. The minimum Gasteiger partial charge on any atom is -0.480 e. The standard InChI is InChI=1S/C23H26N2O5S/c1-23(2)20(21(28)29)25-17(27)13-18(25)31(23,14-26)22(30)24-19(15-9-5-3-6-10-15)16-11-7-4-8-12-16/h3-12,18-20,26H,13-14H2,1-2H3,(H,24,30)(H,28,29)/t18-,20+/m1/s1. The van der Waals surface area contributed by atoms with Gasteiger partial charge in [0.2, 0.25) is 5.91 Å². The van der Waals surface area contributed by atoms with E-state index in [9.17, 15) is 24.6 Å². The minimum atomic E-state index is -2.61. The van der Waals surface area contributed by atoms with Crippen LogP contribution in [0, 0.1) is 0 Å². The number of aliphatic hydroxyl groups is 1. The Balaban J connectivity index is 1.76. The van der Waals surface area contributed by atoms with E-state index in [1.54, 1.807) is 13.8 Å². The van der Waals surface area contributed by atoms with Crippen molar-refractivity contribution in [2.24, 2.45) is 0 Å². The van der Waals surface area contributed by atoms with Gasteiger partial charge in [-0.25, -0.2) is 4.79 Å². The number of hydrogen-bond acceptors (Lipinski definition) is 4. The van der Waals surface area contributed by atoms with E-state index < -0.39 is 44.1 Å². The first-order chi connectivity index (χ1) is 14.8. The summed E-state index contributed by atoms with van der Waals surface area (Å²) in [6.07, 6.45) is 0.0812. The van der Waals surface area contributed by atoms with E-state index >= 15 is 0 Å². The van der Waals surface area contributed by atoms with Crippen molar-refractivity contribution < 1.29 is 24.6 Å². The van der Waals surface area contributed by atoms with Gasteiger partial charge < -0.3 is 20.4 Å². The Hall–Kier alpha value is -2.84. The summed E-state index contributed by atoms with van der Waals surface area (Å²) in [6, 6.07) is 17.4. The van der Waals surface area contributed by atoms with Crippen LogP contribution in [0.4, 0.5) is 4.79 Å². The number of carboxylic acids is 1. The third-order valence-electron chi connectivity index (χ3n) is 6.58. The molecule has 164 valence electrons. The van der Waals surface area contributed by atoms with Gasteiger partial charge in [-0.3, -0.25) is 9.59 Å². The molecule has 2 aliphatic rings. The Morgan fingerprint density at radius 2 is 1.61 bits per heavy atom. The van der Waals surface area contributed by atoms with E-state index in [-0.39, 0.29) is 17.6 Å². The van der Waals surface area contributed by atoms with Crippen LogP contribution < -0.4 is 5.32 Å². The molecule has 2 amide bonds. The number of nitrogens with one attached hydrogen (secondary N) is 1. The molecule has 2 aromatic carbocycles. The first-order valence-corrected chi connectivity index (χ1v) is 12.0. The number of aliphatic hydroxyl groups excluding tert-OH is 1. The minimum absolute atomic E-state index is 0.0812. The topological polar surface area (TPSA) is 107 Å². The van der Waals surface area contributed by atoms with E-state index in [2.05, 4.69) is 5.32 Å². The van der Waals surface area contributed by atoms with Gasteiger partial charge in [-0.2, -0.15) is 0 Å². The summed E-state index contributed by atoms with van der Waals surface area (Å²) < 4.78 is -1.09. The zero-order valence-electron chi connectivity index (χ0n) is 17.4. The Morgan fingerprint density at radius 3 is 2.00 bits per heavy atom. The highest BCUT2D eigenvalue weighted by molar-refractivity contribution is 8.46. The molecule has 0 aliphatic carbocycles. The van der Waals surface area contributed by atoms with Gasteiger partial charge in [-0.15, -0.1) is 10.0 Å². The van der Waals surface area contributed by atoms with Gasteiger partial charge in [0.05, 0.1) is 23.8 Å². The number of carbonyl (C=O) groups excluding carboxylic acids is 2. The maximum atomic E-state index is 13.9. The number of rotatable bonds is 5. The number of carboxylic acid groups (broad SMARTS) is 1. The van der Waals surface area contributed by atoms with E-state index in [1.165, 1.54) is 4.90 Å². The van der Waals surface area contributed by atoms with Gasteiger partial charge in [0, 0.05) is 4.75 Å². The summed E-state index contributed by atoms with van der Waals surface area (Å²) in [5.74, 6) is -1.91. The summed E-state index contributed by atoms with van der Waals surface area (Å²) in [6.45, 7) is 3.37. The van der Waals surface area contributed by atoms with Crippen molar-refractivity contribution in [2.45, 2.75) is 42.5 Å². The molecular formula is C23H26N2O5S. The predicted octanol–water partition coefficient (Wildman–Crippen LogP) is 3.04. The van der Waals surface area contributed by atoms with Crippen molar-refractivity contribution >= 4 is 27.1 Å². The molecule has 2 fully saturated rings. The second kappa shape index (κ2) is 7.69. The fraction of sp³-hybridized carbons (Fsp3) is 0.348. The Bertz CT molecular complexity index is 974. The van der Waals surface area contributed by atoms with Crippen molar-refractivity contribution in [2.75, 3.05) is 5.94 Å². The van der Waals surface area contributed by atoms with E-state index in [0.29, 0.717) is 0 Å². The number of β-lactam (4-membered cyclic amide) rings is 1. The number of aliphatic carboxylic acids is 1. The third kappa shape index (κ3) is 3.04. The lowest BCUT2D eigenvalue weighted by molar-refractivity contribution is -0.157. The molecule has 3 N–H and O–H groups in total. The first-order valence-electron chi connectivity index (χ1n) is 10.1. The molecule has 2 aromatic rings. The van der Waals surface area contributed by atoms with Crippen LogP contribution in [0.2, 0.25) is 0 Å². The van der Waals surface area contributed by atoms with Gasteiger partial charge in [0.15, 0.2) is 0 Å². The molecule has 2 heterocycles. The van der Waals surface area contributed by atoms with Crippen LogP contribution in [0.1, 0.15) is 37.4 Å². The van der Waals surface area contributed by atoms with Gasteiger partial charge in [0.1, 0.15) is 6.04 Å².